The molecular formula is C22H19F2N5O. The Bertz CT molecular complexity index is 1220. The predicted molar refractivity (Wildman–Crippen MR) is 111 cm³/mol. The summed E-state index contributed by atoms with van der Waals surface area (Å²) in [7, 11) is 1.81. The van der Waals surface area contributed by atoms with Crippen LogP contribution in [0.2, 0.25) is 0 Å². The molecule has 0 bridgehead atoms. The normalized spacial score (nSPS) is 10.9. The Hall–Kier alpha value is -3.81. The molecule has 0 radical (unpaired) electrons. The Morgan fingerprint density at radius 3 is 2.77 bits per heavy atom. The van der Waals surface area contributed by atoms with E-state index in [2.05, 4.69) is 20.6 Å². The summed E-state index contributed by atoms with van der Waals surface area (Å²) in [4.78, 5) is 21.3. The van der Waals surface area contributed by atoms with E-state index in [0.717, 1.165) is 5.82 Å². The van der Waals surface area contributed by atoms with E-state index in [9.17, 15) is 13.6 Å². The van der Waals surface area contributed by atoms with E-state index < -0.39 is 5.82 Å². The largest absolute Gasteiger partial charge is 0.351 e. The lowest BCUT2D eigenvalue weighted by Crippen LogP contribution is -2.27. The van der Waals surface area contributed by atoms with Gasteiger partial charge in [0.15, 0.2) is 0 Å². The molecule has 0 spiro atoms. The minimum atomic E-state index is -0.437. The number of nitrogens with one attached hydrogen (secondary N) is 2. The molecule has 4 rings (SSSR count). The smallest absolute Gasteiger partial charge is 0.255 e. The molecule has 0 aliphatic rings. The molecule has 0 aliphatic heterocycles. The molecule has 2 heterocycles. The predicted octanol–water partition coefficient (Wildman–Crippen LogP) is 3.96. The molecule has 6 nitrogen and oxygen atoms in total. The van der Waals surface area contributed by atoms with Gasteiger partial charge in [0.2, 0.25) is 0 Å². The zero-order valence-corrected chi connectivity index (χ0v) is 16.2. The molecule has 2 N–H and O–H groups in total. The van der Waals surface area contributed by atoms with Gasteiger partial charge in [-0.25, -0.2) is 18.7 Å². The standard InChI is InChI=1S/C22H19F2N5O/c1-29-19-13-14(23)8-9-18(19)27-20(29)10-12-26-22(30)15-5-4-11-25-21(15)28-17-7-3-2-6-16(17)24/h2-9,11,13H,10,12H2,1H3,(H,25,28)(H,26,30). The number of para-hydroxylation sites is 1. The van der Waals surface area contributed by atoms with Crippen molar-refractivity contribution in [1.82, 2.24) is 19.9 Å². The van der Waals surface area contributed by atoms with Gasteiger partial charge in [-0.05, 0) is 42.5 Å². The highest BCUT2D eigenvalue weighted by Crippen LogP contribution is 2.21. The van der Waals surface area contributed by atoms with Crippen LogP contribution < -0.4 is 10.6 Å². The molecule has 0 unspecified atom stereocenters. The number of carbonyl (C=O) groups is 1. The topological polar surface area (TPSA) is 71.8 Å². The third-order valence-corrected chi connectivity index (χ3v) is 4.75. The molecule has 0 saturated heterocycles. The third kappa shape index (κ3) is 3.98. The number of hydrogen-bond donors (Lipinski definition) is 2. The molecule has 0 saturated carbocycles. The number of benzene rings is 2. The van der Waals surface area contributed by atoms with Crippen molar-refractivity contribution >= 4 is 28.4 Å². The molecule has 0 aliphatic carbocycles. The second-order valence-electron chi connectivity index (χ2n) is 6.73. The summed E-state index contributed by atoms with van der Waals surface area (Å²) in [6.45, 7) is 0.326. The van der Waals surface area contributed by atoms with Gasteiger partial charge in [0.25, 0.3) is 5.91 Å². The zero-order chi connectivity index (χ0) is 21.1. The van der Waals surface area contributed by atoms with E-state index in [1.807, 2.05) is 7.05 Å². The van der Waals surface area contributed by atoms with Crippen LogP contribution in [0, 0.1) is 11.6 Å². The summed E-state index contributed by atoms with van der Waals surface area (Å²) in [5, 5.41) is 5.69. The van der Waals surface area contributed by atoms with Crippen LogP contribution in [0.4, 0.5) is 20.3 Å². The number of halogens is 2. The van der Waals surface area contributed by atoms with Crippen molar-refractivity contribution in [2.75, 3.05) is 11.9 Å². The molecular weight excluding hydrogens is 388 g/mol. The van der Waals surface area contributed by atoms with Crippen molar-refractivity contribution in [2.24, 2.45) is 7.05 Å². The zero-order valence-electron chi connectivity index (χ0n) is 16.2. The number of carbonyl (C=O) groups excluding carboxylic acids is 1. The molecule has 4 aromatic rings. The Morgan fingerprint density at radius 2 is 1.93 bits per heavy atom. The van der Waals surface area contributed by atoms with Gasteiger partial charge in [0.1, 0.15) is 23.3 Å². The highest BCUT2D eigenvalue weighted by Gasteiger charge is 2.14. The fraction of sp³-hybridized carbons (Fsp3) is 0.136. The second kappa shape index (κ2) is 8.28. The lowest BCUT2D eigenvalue weighted by atomic mass is 10.2. The minimum absolute atomic E-state index is 0.234. The fourth-order valence-corrected chi connectivity index (χ4v) is 3.20. The highest BCUT2D eigenvalue weighted by molar-refractivity contribution is 5.99. The summed E-state index contributed by atoms with van der Waals surface area (Å²) >= 11 is 0. The van der Waals surface area contributed by atoms with Crippen molar-refractivity contribution in [3.05, 3.63) is 83.8 Å². The maximum Gasteiger partial charge on any atom is 0.255 e. The molecule has 0 fully saturated rings. The number of aromatic nitrogens is 3. The number of aryl methyl sites for hydroxylation is 1. The van der Waals surface area contributed by atoms with E-state index in [4.69, 9.17) is 0 Å². The maximum absolute atomic E-state index is 13.9. The summed E-state index contributed by atoms with van der Waals surface area (Å²) < 4.78 is 29.2. The first-order valence-electron chi connectivity index (χ1n) is 9.38. The maximum atomic E-state index is 13.9. The molecule has 0 atom stereocenters. The van der Waals surface area contributed by atoms with Crippen LogP contribution in [0.1, 0.15) is 16.2 Å². The second-order valence-corrected chi connectivity index (χ2v) is 6.73. The van der Waals surface area contributed by atoms with E-state index >= 15 is 0 Å². The van der Waals surface area contributed by atoms with E-state index in [-0.39, 0.29) is 23.2 Å². The molecule has 30 heavy (non-hydrogen) atoms. The number of anilines is 2. The van der Waals surface area contributed by atoms with Gasteiger partial charge >= 0.3 is 0 Å². The van der Waals surface area contributed by atoms with E-state index in [1.165, 1.54) is 24.4 Å². The first-order chi connectivity index (χ1) is 14.5. The summed E-state index contributed by atoms with van der Waals surface area (Å²) in [5.74, 6) is -0.110. The average Bonchev–Trinajstić information content (AvgIpc) is 3.05. The number of amides is 1. The van der Waals surface area contributed by atoms with Crippen LogP contribution >= 0.6 is 0 Å². The Balaban J connectivity index is 1.45. The molecule has 152 valence electrons. The van der Waals surface area contributed by atoms with E-state index in [0.29, 0.717) is 29.6 Å². The lowest BCUT2D eigenvalue weighted by Gasteiger charge is -2.11. The number of pyridine rings is 1. The number of hydrogen-bond acceptors (Lipinski definition) is 4. The van der Waals surface area contributed by atoms with Crippen molar-refractivity contribution in [3.8, 4) is 0 Å². The first-order valence-corrected chi connectivity index (χ1v) is 9.38. The van der Waals surface area contributed by atoms with Crippen LogP contribution in [-0.4, -0.2) is 27.0 Å². The van der Waals surface area contributed by atoms with Crippen LogP contribution in [-0.2, 0) is 13.5 Å². The SMILES string of the molecule is Cn1c(CCNC(=O)c2cccnc2Nc2ccccc2F)nc2ccc(F)cc21. The molecule has 2 aromatic carbocycles. The Labute approximate surface area is 171 Å². The molecule has 8 heteroatoms. The van der Waals surface area contributed by atoms with Gasteiger partial charge in [0.05, 0.1) is 22.3 Å². The molecule has 1 amide bonds. The van der Waals surface area contributed by atoms with Crippen LogP contribution in [0.25, 0.3) is 11.0 Å². The average molecular weight is 407 g/mol. The monoisotopic (exact) mass is 407 g/mol. The minimum Gasteiger partial charge on any atom is -0.351 e. The van der Waals surface area contributed by atoms with Crippen molar-refractivity contribution in [3.63, 3.8) is 0 Å². The number of imidazole rings is 1. The van der Waals surface area contributed by atoms with Crippen molar-refractivity contribution in [1.29, 1.82) is 0 Å². The number of nitrogens with zero attached hydrogens (tertiary/aromatic N) is 3. The van der Waals surface area contributed by atoms with Crippen LogP contribution in [0.3, 0.4) is 0 Å². The van der Waals surface area contributed by atoms with E-state index in [1.54, 1.807) is 41.0 Å². The van der Waals surface area contributed by atoms with Gasteiger partial charge in [-0.3, -0.25) is 4.79 Å². The molecule has 2 aromatic heterocycles. The summed E-state index contributed by atoms with van der Waals surface area (Å²) in [6.07, 6.45) is 1.99. The van der Waals surface area contributed by atoms with Crippen molar-refractivity contribution < 1.29 is 13.6 Å². The first kappa shape index (κ1) is 19.5. The number of fused-ring (bicyclic) bond motifs is 1. The van der Waals surface area contributed by atoms with Gasteiger partial charge in [0, 0.05) is 26.2 Å². The van der Waals surface area contributed by atoms with Gasteiger partial charge in [-0.2, -0.15) is 0 Å². The Morgan fingerprint density at radius 1 is 1.10 bits per heavy atom. The van der Waals surface area contributed by atoms with Gasteiger partial charge in [-0.1, -0.05) is 12.1 Å². The summed E-state index contributed by atoms with van der Waals surface area (Å²) in [5.41, 5.74) is 1.92. The van der Waals surface area contributed by atoms with Crippen LogP contribution in [0.5, 0.6) is 0 Å². The number of rotatable bonds is 6. The van der Waals surface area contributed by atoms with Crippen molar-refractivity contribution in [2.45, 2.75) is 6.42 Å². The Kier molecular flexibility index (Phi) is 5.38. The lowest BCUT2D eigenvalue weighted by molar-refractivity contribution is 0.0954. The summed E-state index contributed by atoms with van der Waals surface area (Å²) in [6, 6.07) is 13.9. The highest BCUT2D eigenvalue weighted by atomic mass is 19.1. The third-order valence-electron chi connectivity index (χ3n) is 4.75. The van der Waals surface area contributed by atoms with Gasteiger partial charge in [-0.15, -0.1) is 0 Å². The van der Waals surface area contributed by atoms with Gasteiger partial charge < -0.3 is 15.2 Å². The quantitative estimate of drug-likeness (QED) is 0.508. The fourth-order valence-electron chi connectivity index (χ4n) is 3.20. The van der Waals surface area contributed by atoms with Crippen LogP contribution in [0.15, 0.2) is 60.8 Å².